The number of allylic oxidation sites excluding steroid dienone is 1. The molecule has 41 heavy (non-hydrogen) atoms. The summed E-state index contributed by atoms with van der Waals surface area (Å²) in [4.78, 5) is 43.7. The Hall–Kier alpha value is -4.25. The predicted octanol–water partition coefficient (Wildman–Crippen LogP) is 2.79. The lowest BCUT2D eigenvalue weighted by Gasteiger charge is -2.43. The number of urea groups is 1. The fourth-order valence-electron chi connectivity index (χ4n) is 5.10. The van der Waals surface area contributed by atoms with E-state index in [1.54, 1.807) is 0 Å². The molecule has 4 rings (SSSR count). The van der Waals surface area contributed by atoms with Gasteiger partial charge in [0, 0.05) is 36.8 Å². The van der Waals surface area contributed by atoms with E-state index >= 15 is 0 Å². The van der Waals surface area contributed by atoms with Crippen LogP contribution in [0.4, 0.5) is 23.7 Å². The van der Waals surface area contributed by atoms with Gasteiger partial charge in [0.1, 0.15) is 6.54 Å². The molecule has 1 heterocycles. The van der Waals surface area contributed by atoms with E-state index in [2.05, 4.69) is 0 Å². The predicted molar refractivity (Wildman–Crippen MR) is 138 cm³/mol. The van der Waals surface area contributed by atoms with Gasteiger partial charge in [-0.25, -0.2) is 4.79 Å². The Kier molecular flexibility index (Phi) is 7.95. The number of Topliss-reactive ketones (excluding diaryl/α,β-unsaturated/α-hetero) is 1. The third-order valence-electron chi connectivity index (χ3n) is 7.08. The summed E-state index contributed by atoms with van der Waals surface area (Å²) < 4.78 is 40.7. The first-order valence-electron chi connectivity index (χ1n) is 12.6. The van der Waals surface area contributed by atoms with E-state index in [1.165, 1.54) is 31.3 Å². The summed E-state index contributed by atoms with van der Waals surface area (Å²) in [6, 6.07) is 7.55. The van der Waals surface area contributed by atoms with E-state index in [4.69, 9.17) is 0 Å². The lowest BCUT2D eigenvalue weighted by atomic mass is 9.86. The van der Waals surface area contributed by atoms with Gasteiger partial charge in [-0.1, -0.05) is 12.1 Å². The second-order valence-electron chi connectivity index (χ2n) is 9.95. The number of halogens is 3. The smallest absolute Gasteiger partial charge is 0.395 e. The number of rotatable bonds is 7. The lowest BCUT2D eigenvalue weighted by Crippen LogP contribution is -2.53. The number of likely N-dealkylation sites (N-methyl/N-ethyl adjacent to an activating group) is 1. The standard InChI is InChI=1S/C28H27F3N4O6/c1-27(40,41)20-12-16(14-32)6-7-19(20)25-24-21(8-9-22(24)37)35(18-5-3-4-17(13-18)28(29,30)31)26(39)34(25)15-23(38)33(2)10-11-36/h3-7,12-13,25,36,40-41H,8-11,15H2,1-2H3. The summed E-state index contributed by atoms with van der Waals surface area (Å²) in [6.45, 7) is -0.0878. The number of aliphatic hydroxyl groups excluding tert-OH is 1. The fraction of sp³-hybridized carbons (Fsp3) is 0.357. The summed E-state index contributed by atoms with van der Waals surface area (Å²) in [6.07, 6.45) is -4.77. The van der Waals surface area contributed by atoms with Crippen molar-refractivity contribution in [1.29, 1.82) is 5.26 Å². The fourth-order valence-corrected chi connectivity index (χ4v) is 5.10. The highest BCUT2D eigenvalue weighted by molar-refractivity contribution is 6.09. The molecule has 1 atom stereocenters. The number of anilines is 1. The van der Waals surface area contributed by atoms with Crippen molar-refractivity contribution in [2.45, 2.75) is 37.8 Å². The average Bonchev–Trinajstić information content (AvgIpc) is 3.28. The molecule has 0 radical (unpaired) electrons. The number of amides is 3. The molecule has 3 N–H and O–H groups in total. The number of alkyl halides is 3. The molecule has 10 nitrogen and oxygen atoms in total. The van der Waals surface area contributed by atoms with Gasteiger partial charge in [-0.3, -0.25) is 14.5 Å². The summed E-state index contributed by atoms with van der Waals surface area (Å²) in [5.41, 5.74) is -1.14. The van der Waals surface area contributed by atoms with Crippen LogP contribution in [-0.4, -0.2) is 69.6 Å². The van der Waals surface area contributed by atoms with E-state index in [0.29, 0.717) is 0 Å². The van der Waals surface area contributed by atoms with Crippen LogP contribution in [0.1, 0.15) is 48.1 Å². The van der Waals surface area contributed by atoms with E-state index in [0.717, 1.165) is 39.8 Å². The quantitative estimate of drug-likeness (QED) is 0.433. The Bertz CT molecular complexity index is 1470. The van der Waals surface area contributed by atoms with Crippen LogP contribution in [0.15, 0.2) is 53.7 Å². The zero-order valence-electron chi connectivity index (χ0n) is 22.1. The van der Waals surface area contributed by atoms with E-state index in [9.17, 15) is 48.1 Å². The molecule has 0 spiro atoms. The number of hydrogen-bond acceptors (Lipinski definition) is 7. The molecule has 1 aliphatic heterocycles. The Morgan fingerprint density at radius 2 is 1.85 bits per heavy atom. The topological polar surface area (TPSA) is 145 Å². The summed E-state index contributed by atoms with van der Waals surface area (Å²) >= 11 is 0. The van der Waals surface area contributed by atoms with Gasteiger partial charge in [0.05, 0.1) is 35.5 Å². The first kappa shape index (κ1) is 29.7. The molecular weight excluding hydrogens is 545 g/mol. The van der Waals surface area contributed by atoms with Crippen LogP contribution in [0.2, 0.25) is 0 Å². The van der Waals surface area contributed by atoms with Crippen molar-refractivity contribution >= 4 is 23.4 Å². The van der Waals surface area contributed by atoms with Crippen molar-refractivity contribution in [3.05, 3.63) is 76.0 Å². The molecule has 0 saturated heterocycles. The zero-order chi connectivity index (χ0) is 30.3. The largest absolute Gasteiger partial charge is 0.416 e. The van der Waals surface area contributed by atoms with Crippen LogP contribution < -0.4 is 4.90 Å². The molecule has 1 aliphatic carbocycles. The van der Waals surface area contributed by atoms with Crippen molar-refractivity contribution in [3.63, 3.8) is 0 Å². The minimum atomic E-state index is -4.72. The number of nitrogens with zero attached hydrogens (tertiary/aromatic N) is 4. The van der Waals surface area contributed by atoms with Gasteiger partial charge in [0.2, 0.25) is 5.91 Å². The molecule has 3 amide bonds. The molecule has 0 saturated carbocycles. The number of ketones is 1. The van der Waals surface area contributed by atoms with Gasteiger partial charge in [-0.2, -0.15) is 18.4 Å². The summed E-state index contributed by atoms with van der Waals surface area (Å²) in [7, 11) is 1.38. The molecule has 0 fully saturated rings. The van der Waals surface area contributed by atoms with Crippen molar-refractivity contribution in [3.8, 4) is 6.07 Å². The Morgan fingerprint density at radius 3 is 2.46 bits per heavy atom. The minimum Gasteiger partial charge on any atom is -0.395 e. The van der Waals surface area contributed by atoms with Crippen LogP contribution in [0.25, 0.3) is 0 Å². The van der Waals surface area contributed by atoms with Gasteiger partial charge in [-0.05, 0) is 49.2 Å². The summed E-state index contributed by atoms with van der Waals surface area (Å²) in [5, 5.41) is 39.8. The van der Waals surface area contributed by atoms with E-state index < -0.39 is 47.8 Å². The van der Waals surface area contributed by atoms with Crippen molar-refractivity contribution < 1.29 is 42.9 Å². The normalized spacial score (nSPS) is 17.6. The van der Waals surface area contributed by atoms with Gasteiger partial charge in [0.25, 0.3) is 0 Å². The van der Waals surface area contributed by atoms with E-state index in [-0.39, 0.29) is 59.6 Å². The highest BCUT2D eigenvalue weighted by Crippen LogP contribution is 2.47. The number of hydrogen-bond donors (Lipinski definition) is 3. The number of benzene rings is 2. The highest BCUT2D eigenvalue weighted by Gasteiger charge is 2.48. The van der Waals surface area contributed by atoms with Crippen LogP contribution >= 0.6 is 0 Å². The van der Waals surface area contributed by atoms with Gasteiger partial charge < -0.3 is 25.1 Å². The molecule has 2 aromatic rings. The third-order valence-corrected chi connectivity index (χ3v) is 7.08. The Labute approximate surface area is 233 Å². The number of nitriles is 1. The van der Waals surface area contributed by atoms with Crippen LogP contribution in [0.5, 0.6) is 0 Å². The molecule has 13 heteroatoms. The number of carbonyl (C=O) groups is 3. The lowest BCUT2D eigenvalue weighted by molar-refractivity contribution is -0.153. The second-order valence-corrected chi connectivity index (χ2v) is 9.95. The summed E-state index contributed by atoms with van der Waals surface area (Å²) in [5.74, 6) is -3.62. The first-order valence-corrected chi connectivity index (χ1v) is 12.6. The minimum absolute atomic E-state index is 0.00910. The average molecular weight is 573 g/mol. The van der Waals surface area contributed by atoms with Crippen molar-refractivity contribution in [2.75, 3.05) is 31.6 Å². The monoisotopic (exact) mass is 572 g/mol. The van der Waals surface area contributed by atoms with Crippen molar-refractivity contribution in [1.82, 2.24) is 9.80 Å². The zero-order valence-corrected chi connectivity index (χ0v) is 22.1. The first-order chi connectivity index (χ1) is 19.2. The molecule has 0 bridgehead atoms. The molecule has 2 aromatic carbocycles. The van der Waals surface area contributed by atoms with E-state index in [1.807, 2.05) is 6.07 Å². The number of aliphatic hydroxyl groups is 3. The van der Waals surface area contributed by atoms with Crippen LogP contribution in [0, 0.1) is 11.3 Å². The molecule has 0 aromatic heterocycles. The van der Waals surface area contributed by atoms with Crippen molar-refractivity contribution in [2.24, 2.45) is 0 Å². The molecule has 216 valence electrons. The molecular formula is C28H27F3N4O6. The highest BCUT2D eigenvalue weighted by atomic mass is 19.4. The number of carbonyl (C=O) groups excluding carboxylic acids is 3. The molecule has 2 aliphatic rings. The molecule has 1 unspecified atom stereocenters. The van der Waals surface area contributed by atoms with Gasteiger partial charge in [-0.15, -0.1) is 0 Å². The maximum Gasteiger partial charge on any atom is 0.416 e. The second kappa shape index (κ2) is 11.0. The SMILES string of the molecule is CN(CCO)C(=O)CN1C(=O)N(c2cccc(C(F)(F)F)c2)C2=C(C(=O)CC2)C1c1ccc(C#N)cc1C(C)(O)O. The van der Waals surface area contributed by atoms with Gasteiger partial charge in [0.15, 0.2) is 11.6 Å². The Morgan fingerprint density at radius 1 is 1.15 bits per heavy atom. The Balaban J connectivity index is 1.98. The maximum absolute atomic E-state index is 14.1. The van der Waals surface area contributed by atoms with Crippen LogP contribution in [0.3, 0.4) is 0 Å². The van der Waals surface area contributed by atoms with Gasteiger partial charge >= 0.3 is 12.2 Å². The maximum atomic E-state index is 14.1. The third kappa shape index (κ3) is 5.67. The van der Waals surface area contributed by atoms with Crippen LogP contribution in [-0.2, 0) is 21.6 Å².